The fraction of sp³-hybridized carbons (Fsp3) is 0.217. The zero-order chi connectivity index (χ0) is 19.2. The van der Waals surface area contributed by atoms with Crippen molar-refractivity contribution in [2.75, 3.05) is 7.11 Å². The van der Waals surface area contributed by atoms with Gasteiger partial charge >= 0.3 is 0 Å². The first kappa shape index (κ1) is 18.6. The fourth-order valence-corrected chi connectivity index (χ4v) is 3.98. The maximum Gasteiger partial charge on any atom is 0.276 e. The van der Waals surface area contributed by atoms with Gasteiger partial charge in [0.1, 0.15) is 5.75 Å². The Balaban J connectivity index is 1.30. The first-order chi connectivity index (χ1) is 13.8. The van der Waals surface area contributed by atoms with Crippen molar-refractivity contribution in [1.29, 1.82) is 0 Å². The van der Waals surface area contributed by atoms with Crippen molar-refractivity contribution in [3.8, 4) is 5.75 Å². The molecule has 0 aliphatic carbocycles. The van der Waals surface area contributed by atoms with Crippen molar-refractivity contribution in [2.45, 2.75) is 30.2 Å². The van der Waals surface area contributed by atoms with Crippen molar-refractivity contribution < 1.29 is 9.15 Å². The summed E-state index contributed by atoms with van der Waals surface area (Å²) in [6, 6.07) is 23.0. The second-order valence-electron chi connectivity index (χ2n) is 6.59. The van der Waals surface area contributed by atoms with Gasteiger partial charge in [0.25, 0.3) is 5.22 Å². The molecule has 142 valence electrons. The molecule has 0 aliphatic rings. The standard InChI is InChI=1S/C23H22N2O2S/c1-26-20-14-12-17(13-15-20)6-4-11-22-24-25-23(27-22)28-16-19-9-5-8-18-7-2-3-10-21(18)19/h2-3,5,7-10,12-15H,4,6,11,16H2,1H3. The summed E-state index contributed by atoms with van der Waals surface area (Å²) in [6.07, 6.45) is 2.74. The second-order valence-corrected chi connectivity index (χ2v) is 7.52. The SMILES string of the molecule is COc1ccc(CCCc2nnc(SCc3cccc4ccccc34)o2)cc1. The number of fused-ring (bicyclic) bond motifs is 1. The maximum atomic E-state index is 5.81. The summed E-state index contributed by atoms with van der Waals surface area (Å²) < 4.78 is 11.0. The first-order valence-corrected chi connectivity index (χ1v) is 10.3. The monoisotopic (exact) mass is 390 g/mol. The third-order valence-corrected chi connectivity index (χ3v) is 5.56. The third kappa shape index (κ3) is 4.54. The van der Waals surface area contributed by atoms with Crippen LogP contribution in [0.2, 0.25) is 0 Å². The quantitative estimate of drug-likeness (QED) is 0.361. The molecule has 1 heterocycles. The zero-order valence-electron chi connectivity index (χ0n) is 15.8. The van der Waals surface area contributed by atoms with E-state index in [1.54, 1.807) is 18.9 Å². The lowest BCUT2D eigenvalue weighted by atomic mass is 10.1. The summed E-state index contributed by atoms with van der Waals surface area (Å²) in [5.41, 5.74) is 2.56. The number of nitrogens with zero attached hydrogens (tertiary/aromatic N) is 2. The van der Waals surface area contributed by atoms with Gasteiger partial charge in [-0.15, -0.1) is 10.2 Å². The Kier molecular flexibility index (Phi) is 5.92. The van der Waals surface area contributed by atoms with E-state index in [-0.39, 0.29) is 0 Å². The lowest BCUT2D eigenvalue weighted by Gasteiger charge is -2.04. The van der Waals surface area contributed by atoms with Crippen LogP contribution in [0.5, 0.6) is 5.75 Å². The number of methoxy groups -OCH3 is 1. The van der Waals surface area contributed by atoms with E-state index in [1.807, 2.05) is 12.1 Å². The zero-order valence-corrected chi connectivity index (χ0v) is 16.6. The van der Waals surface area contributed by atoms with Crippen LogP contribution in [-0.2, 0) is 18.6 Å². The number of thioether (sulfide) groups is 1. The topological polar surface area (TPSA) is 48.2 Å². The largest absolute Gasteiger partial charge is 0.497 e. The minimum Gasteiger partial charge on any atom is -0.497 e. The Morgan fingerprint density at radius 3 is 2.57 bits per heavy atom. The highest BCUT2D eigenvalue weighted by atomic mass is 32.2. The number of ether oxygens (including phenoxy) is 1. The molecule has 4 nitrogen and oxygen atoms in total. The average molecular weight is 391 g/mol. The molecule has 0 fully saturated rings. The molecule has 3 aromatic carbocycles. The van der Waals surface area contributed by atoms with Crippen LogP contribution in [0, 0.1) is 0 Å². The number of aryl methyl sites for hydroxylation is 2. The Bertz CT molecular complexity index is 1040. The van der Waals surface area contributed by atoms with Crippen LogP contribution < -0.4 is 4.74 Å². The number of hydrogen-bond donors (Lipinski definition) is 0. The minimum absolute atomic E-state index is 0.632. The Hall–Kier alpha value is -2.79. The molecule has 0 unspecified atom stereocenters. The van der Waals surface area contributed by atoms with E-state index in [4.69, 9.17) is 9.15 Å². The summed E-state index contributed by atoms with van der Waals surface area (Å²) in [6.45, 7) is 0. The highest BCUT2D eigenvalue weighted by Crippen LogP contribution is 2.27. The first-order valence-electron chi connectivity index (χ1n) is 9.36. The molecule has 0 radical (unpaired) electrons. The van der Waals surface area contributed by atoms with Crippen molar-refractivity contribution >= 4 is 22.5 Å². The van der Waals surface area contributed by atoms with Gasteiger partial charge in [0.05, 0.1) is 7.11 Å². The molecule has 0 amide bonds. The van der Waals surface area contributed by atoms with Crippen LogP contribution in [0.3, 0.4) is 0 Å². The van der Waals surface area contributed by atoms with Gasteiger partial charge in [0.2, 0.25) is 5.89 Å². The summed E-state index contributed by atoms with van der Waals surface area (Å²) >= 11 is 1.59. The third-order valence-electron chi connectivity index (χ3n) is 4.69. The average Bonchev–Trinajstić information content (AvgIpc) is 3.20. The Morgan fingerprint density at radius 1 is 0.893 bits per heavy atom. The lowest BCUT2D eigenvalue weighted by molar-refractivity contribution is 0.409. The van der Waals surface area contributed by atoms with E-state index in [2.05, 4.69) is 64.8 Å². The summed E-state index contributed by atoms with van der Waals surface area (Å²) in [4.78, 5) is 0. The molecular formula is C23H22N2O2S. The molecule has 5 heteroatoms. The lowest BCUT2D eigenvalue weighted by Crippen LogP contribution is -1.91. The normalized spacial score (nSPS) is 11.0. The number of hydrogen-bond acceptors (Lipinski definition) is 5. The van der Waals surface area contributed by atoms with Gasteiger partial charge in [-0.3, -0.25) is 0 Å². The second kappa shape index (κ2) is 8.93. The van der Waals surface area contributed by atoms with Crippen LogP contribution in [0.15, 0.2) is 76.4 Å². The number of aromatic nitrogens is 2. The maximum absolute atomic E-state index is 5.81. The molecule has 4 rings (SSSR count). The summed E-state index contributed by atoms with van der Waals surface area (Å²) in [5, 5.41) is 11.5. The molecule has 0 atom stereocenters. The predicted molar refractivity (Wildman–Crippen MR) is 113 cm³/mol. The summed E-state index contributed by atoms with van der Waals surface area (Å²) in [5.74, 6) is 2.40. The van der Waals surface area contributed by atoms with Gasteiger partial charge in [0.15, 0.2) is 0 Å². The van der Waals surface area contributed by atoms with E-state index in [0.29, 0.717) is 11.1 Å². The summed E-state index contributed by atoms with van der Waals surface area (Å²) in [7, 11) is 1.68. The van der Waals surface area contributed by atoms with Gasteiger partial charge < -0.3 is 9.15 Å². The van der Waals surface area contributed by atoms with Crippen LogP contribution in [0.25, 0.3) is 10.8 Å². The van der Waals surface area contributed by atoms with Crippen LogP contribution in [0.1, 0.15) is 23.4 Å². The molecule has 0 spiro atoms. The van der Waals surface area contributed by atoms with Crippen LogP contribution in [0.4, 0.5) is 0 Å². The van der Waals surface area contributed by atoms with Gasteiger partial charge in [0, 0.05) is 12.2 Å². The van der Waals surface area contributed by atoms with Crippen molar-refractivity contribution in [2.24, 2.45) is 0 Å². The van der Waals surface area contributed by atoms with E-state index >= 15 is 0 Å². The molecule has 1 aromatic heterocycles. The Labute approximate surface area is 168 Å². The molecule has 28 heavy (non-hydrogen) atoms. The van der Waals surface area contributed by atoms with E-state index < -0.39 is 0 Å². The molecule has 0 N–H and O–H groups in total. The molecule has 4 aromatic rings. The smallest absolute Gasteiger partial charge is 0.276 e. The molecule has 0 saturated carbocycles. The fourth-order valence-electron chi connectivity index (χ4n) is 3.19. The molecule has 0 saturated heterocycles. The number of benzene rings is 3. The number of rotatable bonds is 8. The van der Waals surface area contributed by atoms with Crippen molar-refractivity contribution in [3.05, 3.63) is 83.7 Å². The van der Waals surface area contributed by atoms with E-state index in [1.165, 1.54) is 21.9 Å². The van der Waals surface area contributed by atoms with Gasteiger partial charge in [-0.2, -0.15) is 0 Å². The van der Waals surface area contributed by atoms with Crippen molar-refractivity contribution in [3.63, 3.8) is 0 Å². The molecule has 0 aliphatic heterocycles. The van der Waals surface area contributed by atoms with E-state index in [0.717, 1.165) is 30.8 Å². The Morgan fingerprint density at radius 2 is 1.71 bits per heavy atom. The van der Waals surface area contributed by atoms with Gasteiger partial charge in [-0.1, -0.05) is 66.4 Å². The predicted octanol–water partition coefficient (Wildman–Crippen LogP) is 5.70. The minimum atomic E-state index is 0.632. The highest BCUT2D eigenvalue weighted by molar-refractivity contribution is 7.98. The van der Waals surface area contributed by atoms with Crippen molar-refractivity contribution in [1.82, 2.24) is 10.2 Å². The van der Waals surface area contributed by atoms with Crippen LogP contribution >= 0.6 is 11.8 Å². The molecule has 0 bridgehead atoms. The van der Waals surface area contributed by atoms with Gasteiger partial charge in [-0.25, -0.2) is 0 Å². The van der Waals surface area contributed by atoms with Gasteiger partial charge in [-0.05, 0) is 46.9 Å². The molecular weight excluding hydrogens is 368 g/mol. The van der Waals surface area contributed by atoms with Crippen LogP contribution in [-0.4, -0.2) is 17.3 Å². The van der Waals surface area contributed by atoms with E-state index in [9.17, 15) is 0 Å². The highest BCUT2D eigenvalue weighted by Gasteiger charge is 2.08.